The molecular formula is C17H20N2O. The van der Waals surface area contributed by atoms with E-state index in [0.29, 0.717) is 0 Å². The Hall–Kier alpha value is -2.16. The minimum Gasteiger partial charge on any atom is -0.453 e. The van der Waals surface area contributed by atoms with Crippen molar-refractivity contribution in [3.05, 3.63) is 42.5 Å². The second-order valence-corrected chi connectivity index (χ2v) is 5.12. The van der Waals surface area contributed by atoms with Gasteiger partial charge in [-0.2, -0.15) is 0 Å². The summed E-state index contributed by atoms with van der Waals surface area (Å²) in [4.78, 5) is 2.29. The van der Waals surface area contributed by atoms with Crippen molar-refractivity contribution in [3.63, 3.8) is 0 Å². The summed E-state index contributed by atoms with van der Waals surface area (Å²) in [5.41, 5.74) is 9.05. The molecule has 0 fully saturated rings. The van der Waals surface area contributed by atoms with Crippen LogP contribution in [0.25, 0.3) is 0 Å². The molecular weight excluding hydrogens is 248 g/mol. The number of rotatable bonds is 4. The zero-order valence-corrected chi connectivity index (χ0v) is 11.8. The number of unbranched alkanes of at least 4 members (excludes halogenated alkanes) is 2. The quantitative estimate of drug-likeness (QED) is 0.645. The molecule has 0 aromatic heterocycles. The molecule has 0 radical (unpaired) electrons. The maximum atomic E-state index is 6.17. The topological polar surface area (TPSA) is 38.5 Å². The molecule has 0 amide bonds. The van der Waals surface area contributed by atoms with Gasteiger partial charge in [-0.05, 0) is 30.7 Å². The van der Waals surface area contributed by atoms with E-state index in [9.17, 15) is 0 Å². The molecule has 104 valence electrons. The first-order valence-electron chi connectivity index (χ1n) is 7.24. The van der Waals surface area contributed by atoms with E-state index in [1.807, 2.05) is 36.4 Å². The number of nitrogens with zero attached hydrogens (tertiary/aromatic N) is 1. The summed E-state index contributed by atoms with van der Waals surface area (Å²) in [6, 6.07) is 14.0. The molecule has 3 nitrogen and oxygen atoms in total. The van der Waals surface area contributed by atoms with Crippen molar-refractivity contribution in [2.24, 2.45) is 0 Å². The van der Waals surface area contributed by atoms with Crippen LogP contribution in [0.2, 0.25) is 0 Å². The van der Waals surface area contributed by atoms with E-state index in [1.54, 1.807) is 0 Å². The van der Waals surface area contributed by atoms with Gasteiger partial charge in [-0.25, -0.2) is 0 Å². The highest BCUT2D eigenvalue weighted by Gasteiger charge is 2.25. The van der Waals surface area contributed by atoms with Crippen molar-refractivity contribution >= 4 is 17.1 Å². The largest absolute Gasteiger partial charge is 0.453 e. The van der Waals surface area contributed by atoms with Crippen LogP contribution >= 0.6 is 0 Å². The molecule has 3 heteroatoms. The number of fused-ring (bicyclic) bond motifs is 2. The predicted molar refractivity (Wildman–Crippen MR) is 83.9 cm³/mol. The van der Waals surface area contributed by atoms with Crippen LogP contribution in [0.4, 0.5) is 17.1 Å². The summed E-state index contributed by atoms with van der Waals surface area (Å²) >= 11 is 0. The molecule has 1 heterocycles. The van der Waals surface area contributed by atoms with Gasteiger partial charge in [0.05, 0.1) is 11.4 Å². The van der Waals surface area contributed by atoms with Crippen LogP contribution in [0.15, 0.2) is 42.5 Å². The average molecular weight is 268 g/mol. The van der Waals surface area contributed by atoms with Gasteiger partial charge in [0.25, 0.3) is 0 Å². The average Bonchev–Trinajstić information content (AvgIpc) is 2.47. The van der Waals surface area contributed by atoms with E-state index in [-0.39, 0.29) is 0 Å². The minimum atomic E-state index is 0.772. The molecule has 2 N–H and O–H groups in total. The Kier molecular flexibility index (Phi) is 3.50. The van der Waals surface area contributed by atoms with Crippen molar-refractivity contribution in [1.82, 2.24) is 0 Å². The van der Waals surface area contributed by atoms with Crippen molar-refractivity contribution in [3.8, 4) is 11.5 Å². The van der Waals surface area contributed by atoms with Crippen LogP contribution in [-0.4, -0.2) is 6.54 Å². The third kappa shape index (κ3) is 2.20. The molecule has 0 saturated heterocycles. The summed E-state index contributed by atoms with van der Waals surface area (Å²) in [6.07, 6.45) is 3.59. The Morgan fingerprint density at radius 3 is 2.65 bits per heavy atom. The number of nitrogens with two attached hydrogens (primary N) is 1. The van der Waals surface area contributed by atoms with Crippen molar-refractivity contribution in [2.75, 3.05) is 17.2 Å². The zero-order valence-electron chi connectivity index (χ0n) is 11.8. The smallest absolute Gasteiger partial charge is 0.153 e. The van der Waals surface area contributed by atoms with E-state index in [2.05, 4.69) is 17.9 Å². The first-order valence-corrected chi connectivity index (χ1v) is 7.24. The van der Waals surface area contributed by atoms with Gasteiger partial charge in [0, 0.05) is 6.54 Å². The third-order valence-corrected chi connectivity index (χ3v) is 3.66. The summed E-state index contributed by atoms with van der Waals surface area (Å²) < 4.78 is 5.97. The lowest BCUT2D eigenvalue weighted by atomic mass is 10.1. The first-order chi connectivity index (χ1) is 9.81. The highest BCUT2D eigenvalue weighted by atomic mass is 16.5. The summed E-state index contributed by atoms with van der Waals surface area (Å²) in [6.45, 7) is 3.19. The number of hydrogen-bond donors (Lipinski definition) is 1. The molecule has 1 aliphatic rings. The number of hydrogen-bond acceptors (Lipinski definition) is 3. The molecule has 1 aliphatic heterocycles. The Morgan fingerprint density at radius 1 is 1.00 bits per heavy atom. The number of anilines is 3. The van der Waals surface area contributed by atoms with E-state index in [1.165, 1.54) is 12.8 Å². The second-order valence-electron chi connectivity index (χ2n) is 5.12. The van der Waals surface area contributed by atoms with E-state index >= 15 is 0 Å². The Bertz CT molecular complexity index is 610. The zero-order chi connectivity index (χ0) is 13.9. The highest BCUT2D eigenvalue weighted by molar-refractivity contribution is 5.85. The van der Waals surface area contributed by atoms with Gasteiger partial charge in [0.15, 0.2) is 11.5 Å². The molecule has 2 aromatic carbocycles. The van der Waals surface area contributed by atoms with Gasteiger partial charge < -0.3 is 15.4 Å². The standard InChI is InChI=1S/C17H20N2O/c1-2-3-6-12-19-14-9-4-5-10-15(14)20-16-11-7-8-13(18)17(16)19/h4-5,7-11H,2-3,6,12,18H2,1H3. The molecule has 0 saturated carbocycles. The van der Waals surface area contributed by atoms with E-state index < -0.39 is 0 Å². The molecule has 0 spiro atoms. The summed E-state index contributed by atoms with van der Waals surface area (Å²) in [5.74, 6) is 1.75. The van der Waals surface area contributed by atoms with Gasteiger partial charge in [-0.3, -0.25) is 0 Å². The fraction of sp³-hybridized carbons (Fsp3) is 0.294. The van der Waals surface area contributed by atoms with Crippen molar-refractivity contribution in [1.29, 1.82) is 0 Å². The van der Waals surface area contributed by atoms with Crippen LogP contribution in [0.1, 0.15) is 26.2 Å². The van der Waals surface area contributed by atoms with Gasteiger partial charge in [-0.15, -0.1) is 0 Å². The van der Waals surface area contributed by atoms with Crippen LogP contribution in [0.3, 0.4) is 0 Å². The van der Waals surface area contributed by atoms with Gasteiger partial charge in [0.2, 0.25) is 0 Å². The maximum Gasteiger partial charge on any atom is 0.153 e. The Morgan fingerprint density at radius 2 is 1.80 bits per heavy atom. The molecule has 3 rings (SSSR count). The second kappa shape index (κ2) is 5.45. The number of benzene rings is 2. The van der Waals surface area contributed by atoms with Crippen LogP contribution in [0, 0.1) is 0 Å². The summed E-state index contributed by atoms with van der Waals surface area (Å²) in [5, 5.41) is 0. The summed E-state index contributed by atoms with van der Waals surface area (Å²) in [7, 11) is 0. The number of para-hydroxylation sites is 3. The Labute approximate surface area is 120 Å². The lowest BCUT2D eigenvalue weighted by Crippen LogP contribution is -2.23. The molecule has 0 unspecified atom stereocenters. The molecule has 20 heavy (non-hydrogen) atoms. The molecule has 0 aliphatic carbocycles. The number of ether oxygens (including phenoxy) is 1. The fourth-order valence-electron chi connectivity index (χ4n) is 2.67. The third-order valence-electron chi connectivity index (χ3n) is 3.66. The molecule has 0 bridgehead atoms. The first kappa shape index (κ1) is 12.9. The monoisotopic (exact) mass is 268 g/mol. The molecule has 0 atom stereocenters. The van der Waals surface area contributed by atoms with E-state index in [4.69, 9.17) is 10.5 Å². The van der Waals surface area contributed by atoms with Gasteiger partial charge in [0.1, 0.15) is 5.69 Å². The SMILES string of the molecule is CCCCCN1c2ccccc2Oc2cccc(N)c21. The van der Waals surface area contributed by atoms with Crippen LogP contribution in [-0.2, 0) is 0 Å². The normalized spacial score (nSPS) is 12.6. The Balaban J connectivity index is 2.02. The van der Waals surface area contributed by atoms with Crippen molar-refractivity contribution < 1.29 is 4.74 Å². The van der Waals surface area contributed by atoms with Gasteiger partial charge in [-0.1, -0.05) is 38.0 Å². The number of nitrogen functional groups attached to an aromatic ring is 1. The van der Waals surface area contributed by atoms with E-state index in [0.717, 1.165) is 41.5 Å². The van der Waals surface area contributed by atoms with Crippen LogP contribution < -0.4 is 15.4 Å². The highest BCUT2D eigenvalue weighted by Crippen LogP contribution is 2.48. The van der Waals surface area contributed by atoms with Gasteiger partial charge >= 0.3 is 0 Å². The van der Waals surface area contributed by atoms with Crippen molar-refractivity contribution in [2.45, 2.75) is 26.2 Å². The predicted octanol–water partition coefficient (Wildman–Crippen LogP) is 4.70. The molecule has 2 aromatic rings. The maximum absolute atomic E-state index is 6.17. The van der Waals surface area contributed by atoms with Crippen LogP contribution in [0.5, 0.6) is 11.5 Å². The lowest BCUT2D eigenvalue weighted by Gasteiger charge is -2.33. The fourth-order valence-corrected chi connectivity index (χ4v) is 2.67. The lowest BCUT2D eigenvalue weighted by molar-refractivity contribution is 0.472. The minimum absolute atomic E-state index is 0.772.